The van der Waals surface area contributed by atoms with Crippen molar-refractivity contribution < 1.29 is 0 Å². The van der Waals surface area contributed by atoms with Crippen LogP contribution in [-0.4, -0.2) is 16.6 Å². The van der Waals surface area contributed by atoms with Crippen LogP contribution in [-0.2, 0) is 12.1 Å². The summed E-state index contributed by atoms with van der Waals surface area (Å²) in [7, 11) is 1.95. The molecule has 0 radical (unpaired) electrons. The Bertz CT molecular complexity index is 352. The highest BCUT2D eigenvalue weighted by atomic mass is 15.1. The maximum Gasteiger partial charge on any atom is 0.0957 e. The molecule has 3 nitrogen and oxygen atoms in total. The average Bonchev–Trinajstić information content (AvgIpc) is 2.63. The van der Waals surface area contributed by atoms with Crippen molar-refractivity contribution in [2.45, 2.75) is 32.9 Å². The Labute approximate surface area is 85.5 Å². The predicted octanol–water partition coefficient (Wildman–Crippen LogP) is 1.36. The first kappa shape index (κ1) is 10.8. The summed E-state index contributed by atoms with van der Waals surface area (Å²) in [6, 6.07) is 0. The van der Waals surface area contributed by atoms with Crippen LogP contribution in [0.25, 0.3) is 0 Å². The largest absolute Gasteiger partial charge is 0.321 e. The van der Waals surface area contributed by atoms with Gasteiger partial charge in [0.25, 0.3) is 0 Å². The van der Waals surface area contributed by atoms with Crippen LogP contribution in [0.15, 0.2) is 12.5 Å². The molecule has 0 aromatic carbocycles. The van der Waals surface area contributed by atoms with E-state index >= 15 is 0 Å². The summed E-state index contributed by atoms with van der Waals surface area (Å²) < 4.78 is 2.06. The second kappa shape index (κ2) is 4.30. The molecule has 76 valence electrons. The lowest BCUT2D eigenvalue weighted by Gasteiger charge is -2.24. The summed E-state index contributed by atoms with van der Waals surface area (Å²) in [5.74, 6) is 5.92. The Balaban J connectivity index is 2.96. The topological polar surface area (TPSA) is 29.9 Å². The Hall–Kier alpha value is -1.27. The van der Waals surface area contributed by atoms with Gasteiger partial charge in [0, 0.05) is 0 Å². The van der Waals surface area contributed by atoms with E-state index in [1.165, 1.54) is 0 Å². The van der Waals surface area contributed by atoms with Crippen molar-refractivity contribution in [1.82, 2.24) is 14.9 Å². The molecule has 0 unspecified atom stereocenters. The van der Waals surface area contributed by atoms with Gasteiger partial charge in [0.1, 0.15) is 0 Å². The van der Waals surface area contributed by atoms with Crippen molar-refractivity contribution in [2.24, 2.45) is 0 Å². The van der Waals surface area contributed by atoms with Gasteiger partial charge in [0.05, 0.1) is 30.3 Å². The number of hydrogen-bond acceptors (Lipinski definition) is 2. The van der Waals surface area contributed by atoms with Crippen LogP contribution in [0.2, 0.25) is 0 Å². The van der Waals surface area contributed by atoms with E-state index in [1.54, 1.807) is 0 Å². The van der Waals surface area contributed by atoms with Gasteiger partial charge in [-0.15, -0.1) is 5.92 Å². The Morgan fingerprint density at radius 2 is 2.29 bits per heavy atom. The number of nitrogens with one attached hydrogen (secondary N) is 1. The number of aromatic nitrogens is 2. The zero-order valence-corrected chi connectivity index (χ0v) is 9.26. The van der Waals surface area contributed by atoms with E-state index in [0.717, 1.165) is 5.69 Å². The van der Waals surface area contributed by atoms with E-state index in [0.29, 0.717) is 6.54 Å². The molecule has 0 atom stereocenters. The van der Waals surface area contributed by atoms with Crippen molar-refractivity contribution in [3.05, 3.63) is 18.2 Å². The van der Waals surface area contributed by atoms with Gasteiger partial charge in [0.2, 0.25) is 0 Å². The molecule has 1 aromatic heterocycles. The summed E-state index contributed by atoms with van der Waals surface area (Å²) in [6.07, 6.45) is 3.70. The summed E-state index contributed by atoms with van der Waals surface area (Å²) in [4.78, 5) is 4.14. The molecule has 14 heavy (non-hydrogen) atoms. The molecular formula is C11H17N3. The molecule has 0 spiro atoms. The molecule has 0 aliphatic rings. The molecule has 1 heterocycles. The Morgan fingerprint density at radius 3 is 2.86 bits per heavy atom. The van der Waals surface area contributed by atoms with Crippen LogP contribution < -0.4 is 5.32 Å². The molecule has 1 aromatic rings. The molecule has 0 amide bonds. The fourth-order valence-corrected chi connectivity index (χ4v) is 1.26. The van der Waals surface area contributed by atoms with E-state index in [4.69, 9.17) is 0 Å². The molecule has 0 saturated heterocycles. The number of hydrogen-bond donors (Lipinski definition) is 1. The van der Waals surface area contributed by atoms with Crippen molar-refractivity contribution in [3.8, 4) is 11.8 Å². The molecule has 0 aliphatic carbocycles. The van der Waals surface area contributed by atoms with Gasteiger partial charge in [-0.3, -0.25) is 0 Å². The van der Waals surface area contributed by atoms with Crippen molar-refractivity contribution in [1.29, 1.82) is 0 Å². The van der Waals surface area contributed by atoms with Crippen LogP contribution in [0.5, 0.6) is 0 Å². The normalized spacial score (nSPS) is 10.9. The molecule has 1 N–H and O–H groups in total. The minimum Gasteiger partial charge on any atom is -0.321 e. The second-order valence-electron chi connectivity index (χ2n) is 3.71. The third-order valence-electron chi connectivity index (χ3n) is 2.40. The highest BCUT2D eigenvalue weighted by Crippen LogP contribution is 2.18. The third kappa shape index (κ3) is 2.15. The van der Waals surface area contributed by atoms with Gasteiger partial charge in [-0.05, 0) is 27.8 Å². The van der Waals surface area contributed by atoms with E-state index in [9.17, 15) is 0 Å². The average molecular weight is 191 g/mol. The van der Waals surface area contributed by atoms with Crippen LogP contribution in [0.1, 0.15) is 26.5 Å². The fourth-order valence-electron chi connectivity index (χ4n) is 1.26. The minimum atomic E-state index is -0.0636. The van der Waals surface area contributed by atoms with E-state index in [1.807, 2.05) is 26.5 Å². The predicted molar refractivity (Wildman–Crippen MR) is 57.8 cm³/mol. The molecule has 0 aliphatic heterocycles. The van der Waals surface area contributed by atoms with E-state index < -0.39 is 0 Å². The van der Waals surface area contributed by atoms with Crippen LogP contribution in [0.3, 0.4) is 0 Å². The summed E-state index contributed by atoms with van der Waals surface area (Å²) in [6.45, 7) is 6.80. The lowest BCUT2D eigenvalue weighted by atomic mass is 10.0. The molecule has 0 bridgehead atoms. The van der Waals surface area contributed by atoms with Gasteiger partial charge in [-0.25, -0.2) is 4.98 Å². The molecule has 1 rings (SSSR count). The first-order valence-corrected chi connectivity index (χ1v) is 4.71. The zero-order valence-electron chi connectivity index (χ0n) is 9.26. The minimum absolute atomic E-state index is 0.0636. The molecule has 0 fully saturated rings. The maximum atomic E-state index is 4.14. The maximum absolute atomic E-state index is 4.14. The van der Waals surface area contributed by atoms with Gasteiger partial charge < -0.3 is 9.88 Å². The Morgan fingerprint density at radius 1 is 1.57 bits per heavy atom. The van der Waals surface area contributed by atoms with E-state index in [-0.39, 0.29) is 5.54 Å². The summed E-state index contributed by atoms with van der Waals surface area (Å²) >= 11 is 0. The lowest BCUT2D eigenvalue weighted by Crippen LogP contribution is -2.35. The standard InChI is InChI=1S/C11H17N3/c1-5-6-7-14-9-13-8-10(14)11(2,3)12-4/h8-9,12H,7H2,1-4H3. The van der Waals surface area contributed by atoms with Gasteiger partial charge in [-0.2, -0.15) is 0 Å². The number of nitrogens with zero attached hydrogens (tertiary/aromatic N) is 2. The number of rotatable bonds is 3. The molecule has 0 saturated carbocycles. The SMILES string of the molecule is CC#CCn1cncc1C(C)(C)NC. The lowest BCUT2D eigenvalue weighted by molar-refractivity contribution is 0.415. The third-order valence-corrected chi connectivity index (χ3v) is 2.40. The number of imidazole rings is 1. The molecular weight excluding hydrogens is 174 g/mol. The van der Waals surface area contributed by atoms with Gasteiger partial charge >= 0.3 is 0 Å². The fraction of sp³-hybridized carbons (Fsp3) is 0.545. The Kier molecular flexibility index (Phi) is 3.32. The van der Waals surface area contributed by atoms with Crippen molar-refractivity contribution >= 4 is 0 Å². The first-order valence-electron chi connectivity index (χ1n) is 4.71. The van der Waals surface area contributed by atoms with E-state index in [2.05, 4.69) is 40.6 Å². The van der Waals surface area contributed by atoms with Crippen molar-refractivity contribution in [3.63, 3.8) is 0 Å². The summed E-state index contributed by atoms with van der Waals surface area (Å²) in [5, 5.41) is 3.25. The second-order valence-corrected chi connectivity index (χ2v) is 3.71. The monoisotopic (exact) mass is 191 g/mol. The van der Waals surface area contributed by atoms with Gasteiger partial charge in [0.15, 0.2) is 0 Å². The highest BCUT2D eigenvalue weighted by molar-refractivity contribution is 5.12. The quantitative estimate of drug-likeness (QED) is 0.731. The highest BCUT2D eigenvalue weighted by Gasteiger charge is 2.21. The summed E-state index contributed by atoms with van der Waals surface area (Å²) in [5.41, 5.74) is 1.09. The van der Waals surface area contributed by atoms with Crippen LogP contribution in [0, 0.1) is 11.8 Å². The van der Waals surface area contributed by atoms with Crippen LogP contribution >= 0.6 is 0 Å². The smallest absolute Gasteiger partial charge is 0.0957 e. The molecule has 3 heteroatoms. The first-order chi connectivity index (χ1) is 6.61. The van der Waals surface area contributed by atoms with Crippen molar-refractivity contribution in [2.75, 3.05) is 7.05 Å². The zero-order chi connectivity index (χ0) is 10.6. The van der Waals surface area contributed by atoms with Crippen LogP contribution in [0.4, 0.5) is 0 Å². The van der Waals surface area contributed by atoms with Gasteiger partial charge in [-0.1, -0.05) is 5.92 Å².